The van der Waals surface area contributed by atoms with Crippen LogP contribution >= 0.6 is 50.7 Å². The molecule has 4 rings (SSSR count). The Labute approximate surface area is 217 Å². The highest BCUT2D eigenvalue weighted by Crippen LogP contribution is 2.34. The third kappa shape index (κ3) is 5.46. The van der Waals surface area contributed by atoms with Crippen molar-refractivity contribution >= 4 is 78.4 Å². The Morgan fingerprint density at radius 3 is 2.81 bits per heavy atom. The predicted octanol–water partition coefficient (Wildman–Crippen LogP) is 7.11. The average molecular weight is 626 g/mol. The third-order valence-electron chi connectivity index (χ3n) is 6.29. The summed E-state index contributed by atoms with van der Waals surface area (Å²) in [5.74, 6) is 1.30. The summed E-state index contributed by atoms with van der Waals surface area (Å²) in [5.41, 5.74) is 4.38. The van der Waals surface area contributed by atoms with Crippen molar-refractivity contribution in [3.8, 4) is 0 Å². The van der Waals surface area contributed by atoms with Crippen molar-refractivity contribution in [2.24, 2.45) is 0 Å². The van der Waals surface area contributed by atoms with E-state index in [1.54, 1.807) is 0 Å². The number of benzene rings is 1. The molecule has 0 bridgehead atoms. The number of likely N-dealkylation sites (tertiary alicyclic amines) is 1. The van der Waals surface area contributed by atoms with Crippen LogP contribution in [0.4, 0.5) is 11.5 Å². The molecule has 1 unspecified atom stereocenters. The van der Waals surface area contributed by atoms with Crippen molar-refractivity contribution in [1.29, 1.82) is 0 Å². The lowest BCUT2D eigenvalue weighted by Gasteiger charge is -2.36. The van der Waals surface area contributed by atoms with Crippen LogP contribution in [0.2, 0.25) is 0 Å². The summed E-state index contributed by atoms with van der Waals surface area (Å²) >= 11 is 11.5. The molecule has 0 aliphatic carbocycles. The second-order valence-corrected chi connectivity index (χ2v) is 10.8. The molecular formula is C24H29BrIN5S. The number of nitrogens with one attached hydrogen (secondary N) is 3. The van der Waals surface area contributed by atoms with Gasteiger partial charge in [0.1, 0.15) is 5.82 Å². The second kappa shape index (κ2) is 10.8. The summed E-state index contributed by atoms with van der Waals surface area (Å²) in [4.78, 5) is 11.0. The number of hydrogen-bond donors (Lipinski definition) is 3. The molecule has 8 heteroatoms. The zero-order valence-electron chi connectivity index (χ0n) is 18.4. The number of fused-ring (bicyclic) bond motifs is 1. The molecule has 3 N–H and O–H groups in total. The molecule has 0 amide bonds. The minimum Gasteiger partial charge on any atom is -0.360 e. The van der Waals surface area contributed by atoms with Crippen LogP contribution in [-0.4, -0.2) is 39.1 Å². The Morgan fingerprint density at radius 2 is 2.06 bits per heavy atom. The van der Waals surface area contributed by atoms with Gasteiger partial charge < -0.3 is 20.5 Å². The van der Waals surface area contributed by atoms with Crippen LogP contribution in [0.25, 0.3) is 11.0 Å². The normalized spacial score (nSPS) is 16.2. The summed E-state index contributed by atoms with van der Waals surface area (Å²) in [6, 6.07) is 10.8. The van der Waals surface area contributed by atoms with E-state index < -0.39 is 0 Å². The lowest BCUT2D eigenvalue weighted by Crippen LogP contribution is -2.39. The zero-order chi connectivity index (χ0) is 22.7. The monoisotopic (exact) mass is 625 g/mol. The molecule has 1 atom stereocenters. The number of aromatic nitrogens is 2. The van der Waals surface area contributed by atoms with E-state index in [0.29, 0.717) is 17.1 Å². The number of aromatic amines is 1. The first-order chi connectivity index (χ1) is 15.5. The molecule has 1 saturated heterocycles. The highest BCUT2D eigenvalue weighted by Gasteiger charge is 2.25. The fraction of sp³-hybridized carbons (Fsp3) is 0.417. The largest absolute Gasteiger partial charge is 0.360 e. The molecule has 1 aromatic carbocycles. The van der Waals surface area contributed by atoms with Crippen LogP contribution < -0.4 is 10.6 Å². The highest BCUT2D eigenvalue weighted by molar-refractivity contribution is 14.1. The van der Waals surface area contributed by atoms with Crippen LogP contribution in [0, 0.1) is 3.57 Å². The number of thiocarbonyl (C=S) groups is 1. The smallest absolute Gasteiger partial charge is 0.176 e. The number of pyridine rings is 1. The van der Waals surface area contributed by atoms with Gasteiger partial charge in [-0.05, 0) is 126 Å². The molecule has 0 spiro atoms. The minimum absolute atomic E-state index is 0.523. The fourth-order valence-electron chi connectivity index (χ4n) is 4.52. The maximum Gasteiger partial charge on any atom is 0.176 e. The lowest BCUT2D eigenvalue weighted by atomic mass is 9.89. The van der Waals surface area contributed by atoms with Gasteiger partial charge in [0, 0.05) is 15.8 Å². The summed E-state index contributed by atoms with van der Waals surface area (Å²) in [6.45, 7) is 6.96. The molecule has 1 aliphatic rings. The van der Waals surface area contributed by atoms with Gasteiger partial charge in [-0.25, -0.2) is 4.98 Å². The van der Waals surface area contributed by atoms with Gasteiger partial charge in [0.05, 0.1) is 21.2 Å². The van der Waals surface area contributed by atoms with Gasteiger partial charge in [-0.1, -0.05) is 19.4 Å². The number of H-pyrrole nitrogens is 1. The van der Waals surface area contributed by atoms with E-state index in [1.807, 2.05) is 24.3 Å². The summed E-state index contributed by atoms with van der Waals surface area (Å²) in [5, 5.41) is 7.03. The topological polar surface area (TPSA) is 56.0 Å². The van der Waals surface area contributed by atoms with Crippen LogP contribution in [-0.2, 0) is 0 Å². The zero-order valence-corrected chi connectivity index (χ0v) is 23.0. The van der Waals surface area contributed by atoms with Crippen molar-refractivity contribution in [2.45, 2.75) is 51.5 Å². The van der Waals surface area contributed by atoms with E-state index in [0.717, 1.165) is 43.7 Å². The van der Waals surface area contributed by atoms with Gasteiger partial charge in [0.15, 0.2) is 5.11 Å². The van der Waals surface area contributed by atoms with E-state index in [2.05, 4.69) is 85.1 Å². The maximum atomic E-state index is 5.54. The molecule has 3 heterocycles. The Kier molecular flexibility index (Phi) is 8.07. The van der Waals surface area contributed by atoms with Gasteiger partial charge in [-0.2, -0.15) is 0 Å². The fourth-order valence-corrected chi connectivity index (χ4v) is 5.60. The van der Waals surface area contributed by atoms with Crippen molar-refractivity contribution in [1.82, 2.24) is 14.9 Å². The summed E-state index contributed by atoms with van der Waals surface area (Å²) < 4.78 is 2.13. The Morgan fingerprint density at radius 1 is 1.28 bits per heavy atom. The molecule has 32 heavy (non-hydrogen) atoms. The van der Waals surface area contributed by atoms with Crippen LogP contribution in [0.5, 0.6) is 0 Å². The Balaban J connectivity index is 1.45. The van der Waals surface area contributed by atoms with Gasteiger partial charge in [0.25, 0.3) is 0 Å². The molecular weight excluding hydrogens is 597 g/mol. The van der Waals surface area contributed by atoms with E-state index in [9.17, 15) is 0 Å². The molecule has 1 aliphatic heterocycles. The molecule has 0 saturated carbocycles. The van der Waals surface area contributed by atoms with Crippen molar-refractivity contribution < 1.29 is 0 Å². The molecule has 5 nitrogen and oxygen atoms in total. The van der Waals surface area contributed by atoms with Crippen molar-refractivity contribution in [3.63, 3.8) is 0 Å². The third-order valence-corrected chi connectivity index (χ3v) is 8.99. The first kappa shape index (κ1) is 23.9. The maximum absolute atomic E-state index is 5.54. The number of anilines is 2. The van der Waals surface area contributed by atoms with Crippen molar-refractivity contribution in [2.75, 3.05) is 23.7 Å². The standard InChI is InChI=1S/C24H29BrIN5S/c1-3-5-15(2)31-12-10-16(11-13-31)17-14-27-20-8-9-21(29-23(17)20)30-24(32)28-19-7-4-6-18(26)22(19)25/h4,6-9,14-16,27H,3,5,10-13H2,1-2H3,(H2,28,29,30,32). The van der Waals surface area contributed by atoms with Gasteiger partial charge in [-0.15, -0.1) is 0 Å². The van der Waals surface area contributed by atoms with Crippen LogP contribution in [0.3, 0.4) is 0 Å². The number of nitrogens with zero attached hydrogens (tertiary/aromatic N) is 2. The Hall–Kier alpha value is -1.23. The predicted molar refractivity (Wildman–Crippen MR) is 151 cm³/mol. The van der Waals surface area contributed by atoms with Crippen LogP contribution in [0.15, 0.2) is 41.0 Å². The van der Waals surface area contributed by atoms with Gasteiger partial charge in [-0.3, -0.25) is 0 Å². The quantitative estimate of drug-likeness (QED) is 0.201. The van der Waals surface area contributed by atoms with E-state index >= 15 is 0 Å². The first-order valence-corrected chi connectivity index (χ1v) is 13.5. The molecule has 1 fully saturated rings. The average Bonchev–Trinajstić information content (AvgIpc) is 3.20. The van der Waals surface area contributed by atoms with E-state index in [4.69, 9.17) is 17.2 Å². The number of hydrogen-bond acceptors (Lipinski definition) is 3. The highest BCUT2D eigenvalue weighted by atomic mass is 127. The van der Waals surface area contributed by atoms with Gasteiger partial charge in [0.2, 0.25) is 0 Å². The van der Waals surface area contributed by atoms with Crippen LogP contribution in [0.1, 0.15) is 51.0 Å². The summed E-state index contributed by atoms with van der Waals surface area (Å²) in [7, 11) is 0. The van der Waals surface area contributed by atoms with Crippen molar-refractivity contribution in [3.05, 3.63) is 50.1 Å². The molecule has 2 aromatic heterocycles. The molecule has 170 valence electrons. The number of rotatable bonds is 6. The molecule has 0 radical (unpaired) electrons. The number of piperidine rings is 1. The molecule has 3 aromatic rings. The summed E-state index contributed by atoms with van der Waals surface area (Å²) in [6.07, 6.45) is 7.04. The van der Waals surface area contributed by atoms with E-state index in [1.165, 1.54) is 31.2 Å². The van der Waals surface area contributed by atoms with Gasteiger partial charge >= 0.3 is 0 Å². The van der Waals surface area contributed by atoms with E-state index in [-0.39, 0.29) is 0 Å². The first-order valence-electron chi connectivity index (χ1n) is 11.2. The number of halogens is 2. The SMILES string of the molecule is CCCC(C)N1CCC(c2c[nH]c3ccc(NC(=S)Nc4cccc(I)c4Br)nc23)CC1. The lowest BCUT2D eigenvalue weighted by molar-refractivity contribution is 0.155. The minimum atomic E-state index is 0.523. The second-order valence-electron chi connectivity index (χ2n) is 8.47. The Bertz CT molecular complexity index is 1090.